The van der Waals surface area contributed by atoms with Crippen molar-refractivity contribution in [3.63, 3.8) is 0 Å². The second kappa shape index (κ2) is 10.7. The molecule has 4 bridgehead atoms. The Morgan fingerprint density at radius 2 is 2.08 bits per heavy atom. The summed E-state index contributed by atoms with van der Waals surface area (Å²) in [6, 6.07) is 11.6. The minimum absolute atomic E-state index is 0.248. The molecule has 188 valence electrons. The van der Waals surface area contributed by atoms with Crippen molar-refractivity contribution in [2.75, 3.05) is 19.7 Å². The number of hydrogen-bond donors (Lipinski definition) is 2. The molecule has 2 aliphatic heterocycles. The number of ether oxygens (including phenoxy) is 2. The first-order valence-electron chi connectivity index (χ1n) is 11.7. The molecule has 10 nitrogen and oxygen atoms in total. The van der Waals surface area contributed by atoms with Gasteiger partial charge in [-0.25, -0.2) is 4.79 Å². The van der Waals surface area contributed by atoms with Crippen LogP contribution < -0.4 is 10.1 Å². The molecule has 2 aliphatic rings. The van der Waals surface area contributed by atoms with Crippen molar-refractivity contribution in [3.8, 4) is 5.75 Å². The predicted molar refractivity (Wildman–Crippen MR) is 130 cm³/mol. The summed E-state index contributed by atoms with van der Waals surface area (Å²) in [5.74, 6) is -0.786. The Hall–Kier alpha value is -3.47. The molecule has 5 rings (SSSR count). The van der Waals surface area contributed by atoms with Crippen LogP contribution in [0.1, 0.15) is 38.4 Å². The topological polar surface area (TPSA) is 119 Å². The Morgan fingerprint density at radius 3 is 2.94 bits per heavy atom. The number of aromatic nitrogens is 3. The lowest BCUT2D eigenvalue weighted by Crippen LogP contribution is -2.44. The lowest BCUT2D eigenvalue weighted by Gasteiger charge is -2.20. The number of benzene rings is 2. The Labute approximate surface area is 212 Å². The third-order valence-corrected chi connectivity index (χ3v) is 6.63. The number of aryl methyl sites for hydroxylation is 1. The van der Waals surface area contributed by atoms with Gasteiger partial charge in [0.05, 0.1) is 42.1 Å². The van der Waals surface area contributed by atoms with E-state index in [4.69, 9.17) is 21.1 Å². The summed E-state index contributed by atoms with van der Waals surface area (Å²) in [5.41, 5.74) is 2.09. The summed E-state index contributed by atoms with van der Waals surface area (Å²) in [7, 11) is 0. The number of aromatic carboxylic acids is 1. The van der Waals surface area contributed by atoms with Crippen LogP contribution >= 0.6 is 11.6 Å². The van der Waals surface area contributed by atoms with Crippen LogP contribution in [0.5, 0.6) is 5.75 Å². The van der Waals surface area contributed by atoms with Crippen molar-refractivity contribution in [2.45, 2.75) is 38.3 Å². The summed E-state index contributed by atoms with van der Waals surface area (Å²) in [6.45, 7) is 2.71. The van der Waals surface area contributed by atoms with Gasteiger partial charge in [-0.1, -0.05) is 35.0 Å². The molecule has 0 spiro atoms. The van der Waals surface area contributed by atoms with Gasteiger partial charge in [0, 0.05) is 38.2 Å². The molecule has 1 aromatic heterocycles. The molecule has 2 N–H and O–H groups in total. The van der Waals surface area contributed by atoms with Gasteiger partial charge in [0.15, 0.2) is 0 Å². The maximum absolute atomic E-state index is 13.1. The number of fused-ring (bicyclic) bond motifs is 5. The van der Waals surface area contributed by atoms with Gasteiger partial charge in [-0.05, 0) is 29.8 Å². The molecule has 0 aliphatic carbocycles. The van der Waals surface area contributed by atoms with Crippen LogP contribution in [0.15, 0.2) is 48.7 Å². The summed E-state index contributed by atoms with van der Waals surface area (Å²) < 4.78 is 13.8. The van der Waals surface area contributed by atoms with E-state index in [0.717, 1.165) is 0 Å². The number of carbonyl (C=O) groups is 2. The molecular formula is C25H26ClN5O5. The second-order valence-corrected chi connectivity index (χ2v) is 9.31. The largest absolute Gasteiger partial charge is 0.492 e. The normalized spacial score (nSPS) is 20.9. The number of nitrogens with zero attached hydrogens (tertiary/aromatic N) is 4. The highest BCUT2D eigenvalue weighted by Gasteiger charge is 2.35. The third-order valence-electron chi connectivity index (χ3n) is 6.31. The van der Waals surface area contributed by atoms with Crippen LogP contribution in [0.4, 0.5) is 0 Å². The van der Waals surface area contributed by atoms with Crippen LogP contribution in [0.3, 0.4) is 0 Å². The molecule has 0 saturated carbocycles. The van der Waals surface area contributed by atoms with Crippen LogP contribution in [0.25, 0.3) is 0 Å². The molecule has 1 fully saturated rings. The van der Waals surface area contributed by atoms with Gasteiger partial charge in [-0.2, -0.15) is 0 Å². The first kappa shape index (κ1) is 24.2. The van der Waals surface area contributed by atoms with Crippen molar-refractivity contribution in [3.05, 3.63) is 76.1 Å². The van der Waals surface area contributed by atoms with Gasteiger partial charge in [0.25, 0.3) is 5.91 Å². The third kappa shape index (κ3) is 5.51. The van der Waals surface area contributed by atoms with Crippen molar-refractivity contribution in [1.82, 2.24) is 25.2 Å². The van der Waals surface area contributed by atoms with Crippen LogP contribution in [-0.2, 0) is 24.4 Å². The summed E-state index contributed by atoms with van der Waals surface area (Å²) in [6.07, 6.45) is 2.20. The number of carboxylic acids is 1. The predicted octanol–water partition coefficient (Wildman–Crippen LogP) is 2.61. The second-order valence-electron chi connectivity index (χ2n) is 8.91. The molecule has 2 aromatic carbocycles. The number of likely N-dealkylation sites (tertiary alicyclic amines) is 1. The quantitative estimate of drug-likeness (QED) is 0.551. The standard InChI is InChI=1S/C25H26ClN5O5/c26-20-7-6-16-10-22(20)35-9-3-8-31-12-18(28-29-31)15-36-23-14-30(13-21(23)27-24(16)32)11-17-4-1-2-5-19(17)25(33)34/h1-2,4-7,10,12,21,23H,3,8-9,11,13-15H2,(H,27,32)(H,33,34)/t21-,23-/m0/s1. The zero-order valence-electron chi connectivity index (χ0n) is 19.5. The molecule has 2 atom stereocenters. The Balaban J connectivity index is 1.39. The fourth-order valence-corrected chi connectivity index (χ4v) is 4.69. The number of amides is 1. The smallest absolute Gasteiger partial charge is 0.336 e. The van der Waals surface area contributed by atoms with Crippen molar-refractivity contribution >= 4 is 23.5 Å². The summed E-state index contributed by atoms with van der Waals surface area (Å²) in [5, 5.41) is 21.4. The summed E-state index contributed by atoms with van der Waals surface area (Å²) in [4.78, 5) is 26.9. The van der Waals surface area contributed by atoms with Gasteiger partial charge >= 0.3 is 5.97 Å². The van der Waals surface area contributed by atoms with E-state index in [2.05, 4.69) is 20.5 Å². The minimum atomic E-state index is -0.969. The Morgan fingerprint density at radius 1 is 1.22 bits per heavy atom. The minimum Gasteiger partial charge on any atom is -0.492 e. The highest BCUT2D eigenvalue weighted by Crippen LogP contribution is 2.27. The number of nitrogens with one attached hydrogen (secondary N) is 1. The van der Waals surface area contributed by atoms with Crippen molar-refractivity contribution in [1.29, 1.82) is 0 Å². The molecule has 11 heteroatoms. The van der Waals surface area contributed by atoms with Gasteiger partial charge in [0.2, 0.25) is 0 Å². The summed E-state index contributed by atoms with van der Waals surface area (Å²) >= 11 is 6.28. The van der Waals surface area contributed by atoms with E-state index < -0.39 is 5.97 Å². The Bertz CT molecular complexity index is 1270. The van der Waals surface area contributed by atoms with E-state index in [0.29, 0.717) is 66.8 Å². The highest BCUT2D eigenvalue weighted by atomic mass is 35.5. The maximum Gasteiger partial charge on any atom is 0.336 e. The van der Waals surface area contributed by atoms with Gasteiger partial charge in [-0.15, -0.1) is 5.10 Å². The molecule has 0 unspecified atom stereocenters. The van der Waals surface area contributed by atoms with E-state index in [1.165, 1.54) is 0 Å². The van der Waals surface area contributed by atoms with Crippen LogP contribution in [-0.4, -0.2) is 68.7 Å². The average Bonchev–Trinajstić information content (AvgIpc) is 3.47. The number of rotatable bonds is 3. The van der Waals surface area contributed by atoms with E-state index in [-0.39, 0.29) is 30.2 Å². The first-order valence-corrected chi connectivity index (χ1v) is 12.1. The van der Waals surface area contributed by atoms with E-state index in [1.54, 1.807) is 41.1 Å². The molecule has 3 heterocycles. The monoisotopic (exact) mass is 511 g/mol. The Kier molecular flexibility index (Phi) is 7.17. The van der Waals surface area contributed by atoms with Crippen molar-refractivity contribution in [2.24, 2.45) is 0 Å². The molecule has 3 aromatic rings. The lowest BCUT2D eigenvalue weighted by atomic mass is 10.1. The molecule has 1 amide bonds. The molecule has 0 radical (unpaired) electrons. The maximum atomic E-state index is 13.1. The van der Waals surface area contributed by atoms with Gasteiger partial charge in [0.1, 0.15) is 11.4 Å². The van der Waals surface area contributed by atoms with Crippen LogP contribution in [0, 0.1) is 0 Å². The lowest BCUT2D eigenvalue weighted by molar-refractivity contribution is 0.0293. The van der Waals surface area contributed by atoms with Gasteiger partial charge in [-0.3, -0.25) is 14.4 Å². The molecule has 36 heavy (non-hydrogen) atoms. The SMILES string of the molecule is O=C1N[C@H]2CN(Cc3ccccc3C(=O)O)C[C@@H]2OCc2cn(nn2)CCCOc2cc1ccc2Cl. The fraction of sp³-hybridized carbons (Fsp3) is 0.360. The highest BCUT2D eigenvalue weighted by molar-refractivity contribution is 6.32. The van der Waals surface area contributed by atoms with E-state index >= 15 is 0 Å². The molecular weight excluding hydrogens is 486 g/mol. The molecule has 1 saturated heterocycles. The van der Waals surface area contributed by atoms with E-state index in [1.807, 2.05) is 12.3 Å². The van der Waals surface area contributed by atoms with E-state index in [9.17, 15) is 14.7 Å². The fourth-order valence-electron chi connectivity index (χ4n) is 4.52. The first-order chi connectivity index (χ1) is 17.5. The zero-order valence-corrected chi connectivity index (χ0v) is 20.2. The average molecular weight is 512 g/mol. The van der Waals surface area contributed by atoms with Gasteiger partial charge < -0.3 is 19.9 Å². The number of hydrogen-bond acceptors (Lipinski definition) is 7. The number of carbonyl (C=O) groups excluding carboxylic acids is 1. The van der Waals surface area contributed by atoms with Crippen molar-refractivity contribution < 1.29 is 24.2 Å². The number of halogens is 1. The zero-order chi connectivity index (χ0) is 25.1. The number of carboxylic acid groups (broad SMARTS) is 1. The van der Waals surface area contributed by atoms with Crippen LogP contribution in [0.2, 0.25) is 5.02 Å².